The molecule has 0 unspecified atom stereocenters. The van der Waals surface area contributed by atoms with E-state index in [2.05, 4.69) is 10.2 Å². The fraction of sp³-hybridized carbons (Fsp3) is 0.417. The van der Waals surface area contributed by atoms with Gasteiger partial charge in [0.1, 0.15) is 6.54 Å². The fourth-order valence-corrected chi connectivity index (χ4v) is 4.07. The van der Waals surface area contributed by atoms with E-state index in [-0.39, 0.29) is 12.5 Å². The minimum absolute atomic E-state index is 0.0661. The van der Waals surface area contributed by atoms with Crippen LogP contribution < -0.4 is 14.8 Å². The third-order valence-corrected chi connectivity index (χ3v) is 5.68. The van der Waals surface area contributed by atoms with Crippen molar-refractivity contribution in [3.05, 3.63) is 36.4 Å². The number of anilines is 1. The Bertz CT molecular complexity index is 1060. The number of benzene rings is 2. The molecule has 0 spiro atoms. The van der Waals surface area contributed by atoms with E-state index in [1.165, 1.54) is 33.0 Å². The minimum atomic E-state index is -0.334. The van der Waals surface area contributed by atoms with Crippen LogP contribution in [0.2, 0.25) is 0 Å². The summed E-state index contributed by atoms with van der Waals surface area (Å²) in [6, 6.07) is 11.7. The van der Waals surface area contributed by atoms with Crippen LogP contribution in [0.1, 0.15) is 19.3 Å². The van der Waals surface area contributed by atoms with E-state index >= 15 is 0 Å². The average molecular weight is 424 g/mol. The largest absolute Gasteiger partial charge is 0.493 e. The molecular weight excluding hydrogens is 394 g/mol. The number of nitrogens with one attached hydrogen (secondary N) is 1. The second-order valence-electron chi connectivity index (χ2n) is 7.70. The molecular formula is C24H29N3O4. The number of methoxy groups -OCH3 is 2. The number of likely N-dealkylation sites (tertiary alicyclic amines) is 1. The predicted molar refractivity (Wildman–Crippen MR) is 122 cm³/mol. The molecule has 1 aliphatic heterocycles. The Balaban J connectivity index is 1.63. The molecule has 0 aliphatic carbocycles. The van der Waals surface area contributed by atoms with Crippen LogP contribution in [-0.4, -0.2) is 62.9 Å². The van der Waals surface area contributed by atoms with Crippen LogP contribution in [0, 0.1) is 0 Å². The Morgan fingerprint density at radius 1 is 1.06 bits per heavy atom. The lowest BCUT2D eigenvalue weighted by atomic mass is 10.1. The summed E-state index contributed by atoms with van der Waals surface area (Å²) in [7, 11) is 3.01. The molecule has 4 rings (SSSR count). The number of aromatic nitrogens is 1. The Labute approximate surface area is 182 Å². The molecule has 0 bridgehead atoms. The standard InChI is InChI=1S/C24H29N3O4/c1-29-21-14-18-20(15-22(21)31-13-7-12-27-10-5-6-11-27)26-19-9-4-3-8-17(19)24(18)25-16-23(28)30-2/h3-4,8-9,14-15H,5-7,10-13,16H2,1-2H3,(H,25,26). The Morgan fingerprint density at radius 2 is 1.87 bits per heavy atom. The summed E-state index contributed by atoms with van der Waals surface area (Å²) in [5, 5.41) is 5.01. The molecule has 0 atom stereocenters. The van der Waals surface area contributed by atoms with E-state index < -0.39 is 0 Å². The van der Waals surface area contributed by atoms with Crippen molar-refractivity contribution in [1.82, 2.24) is 9.88 Å². The third kappa shape index (κ3) is 4.82. The number of nitrogens with zero attached hydrogens (tertiary/aromatic N) is 2. The van der Waals surface area contributed by atoms with Gasteiger partial charge < -0.3 is 24.4 Å². The highest BCUT2D eigenvalue weighted by atomic mass is 16.5. The maximum Gasteiger partial charge on any atom is 0.325 e. The van der Waals surface area contributed by atoms with Crippen molar-refractivity contribution in [3.63, 3.8) is 0 Å². The van der Waals surface area contributed by atoms with Crippen LogP contribution in [0.3, 0.4) is 0 Å². The van der Waals surface area contributed by atoms with Crippen molar-refractivity contribution in [2.75, 3.05) is 52.3 Å². The lowest BCUT2D eigenvalue weighted by molar-refractivity contribution is -0.138. The van der Waals surface area contributed by atoms with Crippen molar-refractivity contribution in [2.45, 2.75) is 19.3 Å². The summed E-state index contributed by atoms with van der Waals surface area (Å²) in [5.74, 6) is 0.990. The fourth-order valence-electron chi connectivity index (χ4n) is 4.07. The van der Waals surface area contributed by atoms with Crippen LogP contribution in [-0.2, 0) is 9.53 Å². The molecule has 164 valence electrons. The second-order valence-corrected chi connectivity index (χ2v) is 7.70. The third-order valence-electron chi connectivity index (χ3n) is 5.68. The van der Waals surface area contributed by atoms with Crippen LogP contribution in [0.15, 0.2) is 36.4 Å². The van der Waals surface area contributed by atoms with Gasteiger partial charge in [0, 0.05) is 23.4 Å². The number of hydrogen-bond donors (Lipinski definition) is 1. The van der Waals surface area contributed by atoms with Crippen LogP contribution in [0.5, 0.6) is 11.5 Å². The van der Waals surface area contributed by atoms with Gasteiger partial charge >= 0.3 is 5.97 Å². The van der Waals surface area contributed by atoms with E-state index in [1.807, 2.05) is 36.4 Å². The molecule has 0 saturated carbocycles. The van der Waals surface area contributed by atoms with Gasteiger partial charge in [-0.05, 0) is 44.5 Å². The summed E-state index contributed by atoms with van der Waals surface area (Å²) < 4.78 is 16.5. The summed E-state index contributed by atoms with van der Waals surface area (Å²) in [6.45, 7) is 4.13. The molecule has 0 radical (unpaired) electrons. The van der Waals surface area contributed by atoms with Crippen molar-refractivity contribution in [1.29, 1.82) is 0 Å². The number of esters is 1. The van der Waals surface area contributed by atoms with E-state index in [0.717, 1.165) is 40.5 Å². The number of carbonyl (C=O) groups is 1. The van der Waals surface area contributed by atoms with Crippen molar-refractivity contribution in [3.8, 4) is 11.5 Å². The topological polar surface area (TPSA) is 72.9 Å². The number of hydrogen-bond acceptors (Lipinski definition) is 7. The normalized spacial score (nSPS) is 14.1. The number of pyridine rings is 1. The van der Waals surface area contributed by atoms with Crippen LogP contribution in [0.4, 0.5) is 5.69 Å². The van der Waals surface area contributed by atoms with E-state index in [4.69, 9.17) is 19.2 Å². The van der Waals surface area contributed by atoms with Crippen molar-refractivity contribution in [2.24, 2.45) is 0 Å². The summed E-state index contributed by atoms with van der Waals surface area (Å²) in [5.41, 5.74) is 2.44. The number of ether oxygens (including phenoxy) is 3. The van der Waals surface area contributed by atoms with Gasteiger partial charge in [-0.25, -0.2) is 4.98 Å². The van der Waals surface area contributed by atoms with Gasteiger partial charge in [0.15, 0.2) is 11.5 Å². The highest BCUT2D eigenvalue weighted by Crippen LogP contribution is 2.38. The molecule has 1 fully saturated rings. The smallest absolute Gasteiger partial charge is 0.325 e. The zero-order valence-corrected chi connectivity index (χ0v) is 18.1. The van der Waals surface area contributed by atoms with Crippen molar-refractivity contribution >= 4 is 33.5 Å². The highest BCUT2D eigenvalue weighted by molar-refractivity contribution is 6.08. The zero-order chi connectivity index (χ0) is 21.6. The number of carbonyl (C=O) groups excluding carboxylic acids is 1. The van der Waals surface area contributed by atoms with Gasteiger partial charge in [0.2, 0.25) is 0 Å². The first-order valence-corrected chi connectivity index (χ1v) is 10.8. The van der Waals surface area contributed by atoms with E-state index in [1.54, 1.807) is 7.11 Å². The van der Waals surface area contributed by atoms with Gasteiger partial charge in [0.05, 0.1) is 37.5 Å². The first kappa shape index (κ1) is 21.2. The van der Waals surface area contributed by atoms with Crippen LogP contribution >= 0.6 is 0 Å². The van der Waals surface area contributed by atoms with Gasteiger partial charge in [-0.2, -0.15) is 0 Å². The molecule has 31 heavy (non-hydrogen) atoms. The second kappa shape index (κ2) is 9.83. The zero-order valence-electron chi connectivity index (χ0n) is 18.1. The molecule has 1 aromatic heterocycles. The molecule has 3 aromatic rings. The minimum Gasteiger partial charge on any atom is -0.493 e. The van der Waals surface area contributed by atoms with Gasteiger partial charge in [-0.3, -0.25) is 4.79 Å². The lowest BCUT2D eigenvalue weighted by Crippen LogP contribution is -2.21. The average Bonchev–Trinajstić information content (AvgIpc) is 3.32. The predicted octanol–water partition coefficient (Wildman–Crippen LogP) is 3.85. The molecule has 7 nitrogen and oxygen atoms in total. The first-order chi connectivity index (χ1) is 15.2. The number of rotatable bonds is 9. The summed E-state index contributed by atoms with van der Waals surface area (Å²) >= 11 is 0. The number of para-hydroxylation sites is 1. The molecule has 2 heterocycles. The molecule has 1 saturated heterocycles. The molecule has 0 amide bonds. The van der Waals surface area contributed by atoms with Crippen LogP contribution in [0.25, 0.3) is 21.8 Å². The highest BCUT2D eigenvalue weighted by Gasteiger charge is 2.16. The maximum absolute atomic E-state index is 11.7. The Kier molecular flexibility index (Phi) is 6.72. The Morgan fingerprint density at radius 3 is 2.65 bits per heavy atom. The Hall–Kier alpha value is -3.06. The number of fused-ring (bicyclic) bond motifs is 2. The van der Waals surface area contributed by atoms with Gasteiger partial charge in [-0.15, -0.1) is 0 Å². The van der Waals surface area contributed by atoms with Gasteiger partial charge in [0.25, 0.3) is 0 Å². The van der Waals surface area contributed by atoms with Gasteiger partial charge in [-0.1, -0.05) is 18.2 Å². The first-order valence-electron chi connectivity index (χ1n) is 10.8. The molecule has 7 heteroatoms. The van der Waals surface area contributed by atoms with Crippen molar-refractivity contribution < 1.29 is 19.0 Å². The monoisotopic (exact) mass is 423 g/mol. The maximum atomic E-state index is 11.7. The SMILES string of the molecule is COC(=O)CNc1c2ccccc2nc2cc(OCCCN3CCCC3)c(OC)cc12. The summed E-state index contributed by atoms with van der Waals surface area (Å²) in [4.78, 5) is 19.0. The molecule has 1 aliphatic rings. The quantitative estimate of drug-likeness (QED) is 0.318. The lowest BCUT2D eigenvalue weighted by Gasteiger charge is -2.17. The van der Waals surface area contributed by atoms with E-state index in [0.29, 0.717) is 18.1 Å². The van der Waals surface area contributed by atoms with E-state index in [9.17, 15) is 4.79 Å². The molecule has 1 N–H and O–H groups in total. The summed E-state index contributed by atoms with van der Waals surface area (Å²) in [6.07, 6.45) is 3.56. The molecule has 2 aromatic carbocycles.